The van der Waals surface area contributed by atoms with Crippen molar-refractivity contribution in [3.05, 3.63) is 0 Å². The molecular formula is C7H13ClN2O4. The zero-order valence-corrected chi connectivity index (χ0v) is 8.34. The van der Waals surface area contributed by atoms with Crippen molar-refractivity contribution in [3.8, 4) is 0 Å². The number of esters is 1. The van der Waals surface area contributed by atoms with Crippen LogP contribution in [-0.4, -0.2) is 37.9 Å². The summed E-state index contributed by atoms with van der Waals surface area (Å²) in [6.45, 7) is 0.744. The third-order valence-electron chi connectivity index (χ3n) is 1.53. The van der Waals surface area contributed by atoms with E-state index in [2.05, 4.69) is 5.32 Å². The maximum absolute atomic E-state index is 10.8. The predicted molar refractivity (Wildman–Crippen MR) is 50.2 cm³/mol. The highest BCUT2D eigenvalue weighted by Gasteiger charge is 2.23. The number of nitrogens with two attached hydrogens (primary N) is 1. The molecule has 0 radical (unpaired) electrons. The quantitative estimate of drug-likeness (QED) is 0.623. The standard InChI is InChI=1S/C7H12N2O4.ClH/c8-2-1-6(10)12-4-5-3-9-7(11)13-5;/h5H,1-4,8H2,(H,9,11);1H/t5-;/m1./s1. The lowest BCUT2D eigenvalue weighted by Crippen LogP contribution is -2.23. The summed E-state index contributed by atoms with van der Waals surface area (Å²) in [7, 11) is 0. The topological polar surface area (TPSA) is 90.7 Å². The molecule has 1 heterocycles. The number of carbonyl (C=O) groups is 2. The molecule has 3 N–H and O–H groups in total. The Bertz CT molecular complexity index is 212. The second-order valence-corrected chi connectivity index (χ2v) is 2.63. The summed E-state index contributed by atoms with van der Waals surface area (Å²) in [6, 6.07) is 0. The van der Waals surface area contributed by atoms with Gasteiger partial charge in [-0.1, -0.05) is 0 Å². The number of hydrogen-bond donors (Lipinski definition) is 2. The number of carbonyl (C=O) groups excluding carboxylic acids is 2. The second kappa shape index (κ2) is 6.44. The summed E-state index contributed by atoms with van der Waals surface area (Å²) in [5.74, 6) is -0.370. The van der Waals surface area contributed by atoms with Crippen LogP contribution in [0.4, 0.5) is 4.79 Å². The van der Waals surface area contributed by atoms with E-state index in [4.69, 9.17) is 15.2 Å². The fourth-order valence-corrected chi connectivity index (χ4v) is 0.901. The van der Waals surface area contributed by atoms with E-state index in [1.807, 2.05) is 0 Å². The van der Waals surface area contributed by atoms with Crippen LogP contribution in [0.1, 0.15) is 6.42 Å². The van der Waals surface area contributed by atoms with Crippen molar-refractivity contribution in [1.29, 1.82) is 0 Å². The highest BCUT2D eigenvalue weighted by molar-refractivity contribution is 5.85. The Hall–Kier alpha value is -1.01. The Morgan fingerprint density at radius 1 is 1.71 bits per heavy atom. The smallest absolute Gasteiger partial charge is 0.407 e. The molecule has 0 bridgehead atoms. The van der Waals surface area contributed by atoms with Crippen molar-refractivity contribution in [1.82, 2.24) is 5.32 Å². The van der Waals surface area contributed by atoms with Crippen LogP contribution in [0, 0.1) is 0 Å². The minimum Gasteiger partial charge on any atom is -0.462 e. The Balaban J connectivity index is 0.00000169. The largest absolute Gasteiger partial charge is 0.462 e. The first kappa shape index (κ1) is 13.0. The summed E-state index contributed by atoms with van der Waals surface area (Å²) in [5, 5.41) is 2.45. The molecule has 1 aliphatic heterocycles. The first-order chi connectivity index (χ1) is 6.22. The number of alkyl carbamates (subject to hydrolysis) is 1. The number of amides is 1. The minimum atomic E-state index is -0.472. The van der Waals surface area contributed by atoms with Crippen molar-refractivity contribution in [2.45, 2.75) is 12.5 Å². The maximum atomic E-state index is 10.8. The van der Waals surface area contributed by atoms with Gasteiger partial charge in [-0.3, -0.25) is 4.79 Å². The van der Waals surface area contributed by atoms with Crippen LogP contribution in [0.5, 0.6) is 0 Å². The maximum Gasteiger partial charge on any atom is 0.407 e. The van der Waals surface area contributed by atoms with Crippen molar-refractivity contribution in [2.75, 3.05) is 19.7 Å². The fourth-order valence-electron chi connectivity index (χ4n) is 0.901. The van der Waals surface area contributed by atoms with Gasteiger partial charge < -0.3 is 20.5 Å². The van der Waals surface area contributed by atoms with Crippen LogP contribution in [0.25, 0.3) is 0 Å². The van der Waals surface area contributed by atoms with E-state index in [-0.39, 0.29) is 44.1 Å². The number of rotatable bonds is 4. The van der Waals surface area contributed by atoms with Crippen LogP contribution in [-0.2, 0) is 14.3 Å². The van der Waals surface area contributed by atoms with Crippen LogP contribution in [0.15, 0.2) is 0 Å². The summed E-state index contributed by atoms with van der Waals surface area (Å²) >= 11 is 0. The average Bonchev–Trinajstić information content (AvgIpc) is 2.49. The number of ether oxygens (including phenoxy) is 2. The van der Waals surface area contributed by atoms with E-state index in [9.17, 15) is 9.59 Å². The summed E-state index contributed by atoms with van der Waals surface area (Å²) in [6.07, 6.45) is -0.650. The SMILES string of the molecule is Cl.NCCC(=O)OC[C@H]1CNC(=O)O1. The van der Waals surface area contributed by atoms with Crippen LogP contribution in [0.2, 0.25) is 0 Å². The molecule has 14 heavy (non-hydrogen) atoms. The molecule has 0 spiro atoms. The summed E-state index contributed by atoms with van der Waals surface area (Å²) in [4.78, 5) is 21.3. The highest BCUT2D eigenvalue weighted by Crippen LogP contribution is 2.00. The third kappa shape index (κ3) is 4.29. The van der Waals surface area contributed by atoms with Gasteiger partial charge in [0.05, 0.1) is 13.0 Å². The zero-order chi connectivity index (χ0) is 9.68. The Kier molecular flexibility index (Phi) is 5.98. The highest BCUT2D eigenvalue weighted by atomic mass is 35.5. The van der Waals surface area contributed by atoms with Gasteiger partial charge in [0.15, 0.2) is 6.10 Å². The van der Waals surface area contributed by atoms with Gasteiger partial charge in [-0.05, 0) is 0 Å². The summed E-state index contributed by atoms with van der Waals surface area (Å²) in [5.41, 5.74) is 5.14. The van der Waals surface area contributed by atoms with Crippen molar-refractivity contribution >= 4 is 24.5 Å². The molecule has 6 nitrogen and oxygen atoms in total. The van der Waals surface area contributed by atoms with Crippen LogP contribution in [0.3, 0.4) is 0 Å². The van der Waals surface area contributed by atoms with Gasteiger partial charge in [-0.25, -0.2) is 4.79 Å². The van der Waals surface area contributed by atoms with E-state index in [1.165, 1.54) is 0 Å². The molecule has 1 aliphatic rings. The average molecular weight is 225 g/mol. The Morgan fingerprint density at radius 3 is 2.93 bits per heavy atom. The lowest BCUT2D eigenvalue weighted by molar-refractivity contribution is -0.145. The molecule has 1 fully saturated rings. The lowest BCUT2D eigenvalue weighted by atomic mass is 10.4. The number of hydrogen-bond acceptors (Lipinski definition) is 5. The molecule has 1 amide bonds. The molecule has 1 atom stereocenters. The minimum absolute atomic E-state index is 0. The molecule has 0 saturated carbocycles. The molecule has 0 aliphatic carbocycles. The van der Waals surface area contributed by atoms with E-state index >= 15 is 0 Å². The molecule has 0 aromatic rings. The van der Waals surface area contributed by atoms with Gasteiger partial charge in [0.25, 0.3) is 0 Å². The van der Waals surface area contributed by atoms with E-state index in [1.54, 1.807) is 0 Å². The molecule has 0 aromatic carbocycles. The van der Waals surface area contributed by atoms with Crippen molar-refractivity contribution in [2.24, 2.45) is 5.73 Å². The third-order valence-corrected chi connectivity index (χ3v) is 1.53. The normalized spacial score (nSPS) is 19.2. The second-order valence-electron chi connectivity index (χ2n) is 2.63. The van der Waals surface area contributed by atoms with Gasteiger partial charge in [-0.15, -0.1) is 12.4 Å². The molecule has 0 aromatic heterocycles. The monoisotopic (exact) mass is 224 g/mol. The predicted octanol–water partition coefficient (Wildman–Crippen LogP) is -0.591. The van der Waals surface area contributed by atoms with E-state index in [0.717, 1.165) is 0 Å². The first-order valence-corrected chi connectivity index (χ1v) is 4.02. The van der Waals surface area contributed by atoms with Gasteiger partial charge in [0.2, 0.25) is 0 Å². The fraction of sp³-hybridized carbons (Fsp3) is 0.714. The molecule has 1 rings (SSSR count). The van der Waals surface area contributed by atoms with Crippen LogP contribution >= 0.6 is 12.4 Å². The summed E-state index contributed by atoms with van der Waals surface area (Å²) < 4.78 is 9.51. The van der Waals surface area contributed by atoms with Gasteiger partial charge in [0, 0.05) is 6.54 Å². The number of cyclic esters (lactones) is 1. The van der Waals surface area contributed by atoms with Crippen molar-refractivity contribution < 1.29 is 19.1 Å². The Morgan fingerprint density at radius 2 is 2.43 bits per heavy atom. The van der Waals surface area contributed by atoms with Gasteiger partial charge in [0.1, 0.15) is 6.61 Å². The van der Waals surface area contributed by atoms with Crippen LogP contribution < -0.4 is 11.1 Å². The molecule has 7 heteroatoms. The molecule has 0 unspecified atom stereocenters. The van der Waals surface area contributed by atoms with E-state index in [0.29, 0.717) is 6.54 Å². The van der Waals surface area contributed by atoms with Gasteiger partial charge in [-0.2, -0.15) is 0 Å². The molecular weight excluding hydrogens is 212 g/mol. The first-order valence-electron chi connectivity index (χ1n) is 4.02. The number of nitrogens with one attached hydrogen (secondary N) is 1. The number of halogens is 1. The van der Waals surface area contributed by atoms with Gasteiger partial charge >= 0.3 is 12.1 Å². The Labute approximate surface area is 87.5 Å². The molecule has 1 saturated heterocycles. The van der Waals surface area contributed by atoms with Crippen molar-refractivity contribution in [3.63, 3.8) is 0 Å². The molecule has 82 valence electrons. The lowest BCUT2D eigenvalue weighted by Gasteiger charge is -2.07. The van der Waals surface area contributed by atoms with E-state index < -0.39 is 6.09 Å². The zero-order valence-electron chi connectivity index (χ0n) is 7.52.